The van der Waals surface area contributed by atoms with Crippen molar-refractivity contribution in [3.05, 3.63) is 29.8 Å². The number of ether oxygens (including phenoxy) is 1. The van der Waals surface area contributed by atoms with Gasteiger partial charge in [-0.25, -0.2) is 4.79 Å². The summed E-state index contributed by atoms with van der Waals surface area (Å²) in [5.41, 5.74) is 7.04. The number of para-hydroxylation sites is 1. The first-order valence-corrected chi connectivity index (χ1v) is 5.69. The molecule has 0 aliphatic carbocycles. The second-order valence-corrected chi connectivity index (χ2v) is 4.87. The zero-order valence-corrected chi connectivity index (χ0v) is 10.6. The highest BCUT2D eigenvalue weighted by Crippen LogP contribution is 2.19. The SMILES string of the molecule is CC(C)(C)OC(N)=O.c1ccc2c(c1)CCN2. The quantitative estimate of drug-likeness (QED) is 0.727. The minimum atomic E-state index is -0.725. The highest BCUT2D eigenvalue weighted by Gasteiger charge is 2.12. The van der Waals surface area contributed by atoms with Crippen molar-refractivity contribution in [2.75, 3.05) is 11.9 Å². The number of benzene rings is 1. The molecule has 0 radical (unpaired) electrons. The molecule has 0 unspecified atom stereocenters. The van der Waals surface area contributed by atoms with Crippen molar-refractivity contribution in [1.82, 2.24) is 0 Å². The molecule has 3 N–H and O–H groups in total. The standard InChI is InChI=1S/C8H9N.C5H11NO2/c1-2-4-8-7(3-1)5-6-9-8;1-5(2,3)8-4(6)7/h1-4,9H,5-6H2;1-3H3,(H2,6,7). The third-order valence-corrected chi connectivity index (χ3v) is 2.13. The molecular weight excluding hydrogens is 216 g/mol. The lowest BCUT2D eigenvalue weighted by atomic mass is 10.2. The van der Waals surface area contributed by atoms with E-state index in [1.807, 2.05) is 0 Å². The zero-order chi connectivity index (χ0) is 12.9. The van der Waals surface area contributed by atoms with E-state index in [4.69, 9.17) is 5.73 Å². The molecule has 0 spiro atoms. The molecule has 1 aromatic rings. The predicted molar refractivity (Wildman–Crippen MR) is 69.1 cm³/mol. The molecule has 17 heavy (non-hydrogen) atoms. The molecule has 0 atom stereocenters. The van der Waals surface area contributed by atoms with Crippen LogP contribution >= 0.6 is 0 Å². The smallest absolute Gasteiger partial charge is 0.405 e. The Morgan fingerprint density at radius 2 is 2.00 bits per heavy atom. The Morgan fingerprint density at radius 3 is 2.47 bits per heavy atom. The summed E-state index contributed by atoms with van der Waals surface area (Å²) in [7, 11) is 0. The lowest BCUT2D eigenvalue weighted by Crippen LogP contribution is -2.27. The largest absolute Gasteiger partial charge is 0.444 e. The summed E-state index contributed by atoms with van der Waals surface area (Å²) in [4.78, 5) is 10.0. The molecule has 0 saturated carbocycles. The van der Waals surface area contributed by atoms with E-state index in [1.165, 1.54) is 17.7 Å². The minimum Gasteiger partial charge on any atom is -0.444 e. The molecule has 0 aromatic heterocycles. The summed E-state index contributed by atoms with van der Waals surface area (Å²) >= 11 is 0. The monoisotopic (exact) mass is 236 g/mol. The van der Waals surface area contributed by atoms with Gasteiger partial charge in [-0.1, -0.05) is 18.2 Å². The van der Waals surface area contributed by atoms with Crippen molar-refractivity contribution >= 4 is 11.8 Å². The highest BCUT2D eigenvalue weighted by molar-refractivity contribution is 5.65. The maximum absolute atomic E-state index is 10.0. The van der Waals surface area contributed by atoms with Gasteiger partial charge in [0, 0.05) is 12.2 Å². The molecule has 1 aromatic carbocycles. The Morgan fingerprint density at radius 1 is 1.35 bits per heavy atom. The molecule has 4 heteroatoms. The summed E-state index contributed by atoms with van der Waals surface area (Å²) in [5, 5.41) is 3.30. The second kappa shape index (κ2) is 5.57. The summed E-state index contributed by atoms with van der Waals surface area (Å²) < 4.78 is 4.58. The average Bonchev–Trinajstić information content (AvgIpc) is 2.61. The number of anilines is 1. The fourth-order valence-electron chi connectivity index (χ4n) is 1.54. The number of nitrogens with one attached hydrogen (secondary N) is 1. The Bertz CT molecular complexity index is 360. The van der Waals surface area contributed by atoms with Crippen LogP contribution in [0.4, 0.5) is 10.5 Å². The number of carbonyl (C=O) groups is 1. The maximum Gasteiger partial charge on any atom is 0.405 e. The lowest BCUT2D eigenvalue weighted by Gasteiger charge is -2.16. The van der Waals surface area contributed by atoms with E-state index in [9.17, 15) is 4.79 Å². The van der Waals surface area contributed by atoms with Crippen LogP contribution in [0.3, 0.4) is 0 Å². The minimum absolute atomic E-state index is 0.453. The van der Waals surface area contributed by atoms with Gasteiger partial charge in [0.25, 0.3) is 0 Å². The fraction of sp³-hybridized carbons (Fsp3) is 0.462. The molecule has 1 aliphatic heterocycles. The van der Waals surface area contributed by atoms with Gasteiger partial charge in [0.15, 0.2) is 0 Å². The molecule has 94 valence electrons. The molecular formula is C13H20N2O2. The van der Waals surface area contributed by atoms with Crippen molar-refractivity contribution in [1.29, 1.82) is 0 Å². The van der Waals surface area contributed by atoms with Crippen molar-refractivity contribution in [2.24, 2.45) is 5.73 Å². The van der Waals surface area contributed by atoms with Gasteiger partial charge in [0.2, 0.25) is 0 Å². The Kier molecular flexibility index (Phi) is 4.37. The number of nitrogens with two attached hydrogens (primary N) is 1. The van der Waals surface area contributed by atoms with Crippen LogP contribution in [-0.4, -0.2) is 18.2 Å². The topological polar surface area (TPSA) is 64.3 Å². The van der Waals surface area contributed by atoms with Gasteiger partial charge in [0.05, 0.1) is 0 Å². The van der Waals surface area contributed by atoms with Crippen LogP contribution in [0.1, 0.15) is 26.3 Å². The van der Waals surface area contributed by atoms with Crippen LogP contribution in [0, 0.1) is 0 Å². The third-order valence-electron chi connectivity index (χ3n) is 2.13. The van der Waals surface area contributed by atoms with E-state index in [1.54, 1.807) is 20.8 Å². The molecule has 0 fully saturated rings. The number of rotatable bonds is 0. The van der Waals surface area contributed by atoms with Gasteiger partial charge in [-0.2, -0.15) is 0 Å². The van der Waals surface area contributed by atoms with Gasteiger partial charge in [-0.05, 0) is 38.8 Å². The first-order chi connectivity index (χ1) is 7.88. The van der Waals surface area contributed by atoms with Gasteiger partial charge in [-0.15, -0.1) is 0 Å². The molecule has 0 bridgehead atoms. The molecule has 1 aliphatic rings. The van der Waals surface area contributed by atoms with Crippen molar-refractivity contribution < 1.29 is 9.53 Å². The fourth-order valence-corrected chi connectivity index (χ4v) is 1.54. The van der Waals surface area contributed by atoms with Crippen LogP contribution in [0.15, 0.2) is 24.3 Å². The maximum atomic E-state index is 10.0. The number of fused-ring (bicyclic) bond motifs is 1. The Labute approximate surface area is 102 Å². The summed E-state index contributed by atoms with van der Waals surface area (Å²) in [5.74, 6) is 0. The van der Waals surface area contributed by atoms with Crippen molar-refractivity contribution in [3.63, 3.8) is 0 Å². The first kappa shape index (κ1) is 13.4. The van der Waals surface area contributed by atoms with Gasteiger partial charge in [-0.3, -0.25) is 0 Å². The van der Waals surface area contributed by atoms with E-state index in [-0.39, 0.29) is 0 Å². The second-order valence-electron chi connectivity index (χ2n) is 4.87. The van der Waals surface area contributed by atoms with Crippen LogP contribution in [0.2, 0.25) is 0 Å². The van der Waals surface area contributed by atoms with E-state index in [0.29, 0.717) is 0 Å². The van der Waals surface area contributed by atoms with Crippen LogP contribution in [-0.2, 0) is 11.2 Å². The molecule has 2 rings (SSSR count). The number of primary amides is 1. The Hall–Kier alpha value is -1.71. The number of hydrogen-bond acceptors (Lipinski definition) is 3. The third kappa shape index (κ3) is 5.24. The van der Waals surface area contributed by atoms with E-state index < -0.39 is 11.7 Å². The van der Waals surface area contributed by atoms with Crippen LogP contribution in [0.25, 0.3) is 0 Å². The number of carbonyl (C=O) groups excluding carboxylic acids is 1. The van der Waals surface area contributed by atoms with Crippen LogP contribution < -0.4 is 11.1 Å². The first-order valence-electron chi connectivity index (χ1n) is 5.69. The van der Waals surface area contributed by atoms with Gasteiger partial charge < -0.3 is 15.8 Å². The lowest BCUT2D eigenvalue weighted by molar-refractivity contribution is 0.0600. The van der Waals surface area contributed by atoms with Crippen molar-refractivity contribution in [2.45, 2.75) is 32.8 Å². The Balaban J connectivity index is 0.000000172. The highest BCUT2D eigenvalue weighted by atomic mass is 16.6. The van der Waals surface area contributed by atoms with Crippen molar-refractivity contribution in [3.8, 4) is 0 Å². The number of hydrogen-bond donors (Lipinski definition) is 2. The predicted octanol–water partition coefficient (Wildman–Crippen LogP) is 2.53. The summed E-state index contributed by atoms with van der Waals surface area (Å²) in [6.45, 7) is 6.40. The van der Waals surface area contributed by atoms with Gasteiger partial charge in [0.1, 0.15) is 5.60 Å². The summed E-state index contributed by atoms with van der Waals surface area (Å²) in [6, 6.07) is 8.46. The molecule has 1 amide bonds. The van der Waals surface area contributed by atoms with Gasteiger partial charge >= 0.3 is 6.09 Å². The number of amides is 1. The normalized spacial score (nSPS) is 12.9. The zero-order valence-electron chi connectivity index (χ0n) is 10.6. The van der Waals surface area contributed by atoms with E-state index in [2.05, 4.69) is 34.3 Å². The van der Waals surface area contributed by atoms with E-state index >= 15 is 0 Å². The molecule has 1 heterocycles. The average molecular weight is 236 g/mol. The molecule has 4 nitrogen and oxygen atoms in total. The summed E-state index contributed by atoms with van der Waals surface area (Å²) in [6.07, 6.45) is 0.466. The molecule has 0 saturated heterocycles. The van der Waals surface area contributed by atoms with E-state index in [0.717, 1.165) is 6.54 Å². The van der Waals surface area contributed by atoms with Crippen LogP contribution in [0.5, 0.6) is 0 Å².